The Morgan fingerprint density at radius 2 is 1.66 bits per heavy atom. The molecule has 4 rings (SSSR count). The van der Waals surface area contributed by atoms with Crippen molar-refractivity contribution >= 4 is 45.0 Å². The minimum atomic E-state index is -3.68. The average Bonchev–Trinajstić information content (AvgIpc) is 2.81. The smallest absolute Gasteiger partial charge is 0.243 e. The van der Waals surface area contributed by atoms with Gasteiger partial charge in [-0.25, -0.2) is 8.42 Å². The number of carbonyl (C=O) groups is 1. The van der Waals surface area contributed by atoms with Crippen LogP contribution in [-0.4, -0.2) is 31.7 Å². The van der Waals surface area contributed by atoms with Gasteiger partial charge in [-0.15, -0.1) is 0 Å². The van der Waals surface area contributed by atoms with Gasteiger partial charge in [0.25, 0.3) is 0 Å². The van der Waals surface area contributed by atoms with Gasteiger partial charge >= 0.3 is 0 Å². The average molecular weight is 487 g/mol. The Morgan fingerprint density at radius 1 is 0.969 bits per heavy atom. The quantitative estimate of drug-likeness (QED) is 0.497. The number of rotatable bonds is 6. The lowest BCUT2D eigenvalue weighted by molar-refractivity contribution is -0.120. The Labute approximate surface area is 197 Å². The molecule has 1 fully saturated rings. The summed E-state index contributed by atoms with van der Waals surface area (Å²) in [6.07, 6.45) is 1.28. The van der Waals surface area contributed by atoms with Crippen LogP contribution in [0.15, 0.2) is 93.5 Å². The second-order valence-corrected chi connectivity index (χ2v) is 11.0. The zero-order valence-corrected chi connectivity index (χ0v) is 19.7. The Balaban J connectivity index is 1.47. The number of halogens is 1. The lowest BCUT2D eigenvalue weighted by Gasteiger charge is -2.31. The van der Waals surface area contributed by atoms with E-state index in [-0.39, 0.29) is 17.3 Å². The molecule has 0 radical (unpaired) electrons. The normalized spacial score (nSPS) is 17.1. The molecule has 0 saturated carbocycles. The highest BCUT2D eigenvalue weighted by molar-refractivity contribution is 7.99. The van der Waals surface area contributed by atoms with Crippen molar-refractivity contribution in [3.8, 4) is 0 Å². The molecule has 0 spiro atoms. The van der Waals surface area contributed by atoms with Gasteiger partial charge in [-0.1, -0.05) is 53.7 Å². The first-order chi connectivity index (χ1) is 15.4. The minimum absolute atomic E-state index is 0.158. The van der Waals surface area contributed by atoms with Gasteiger partial charge in [0.2, 0.25) is 15.9 Å². The van der Waals surface area contributed by atoms with E-state index in [4.69, 9.17) is 11.6 Å². The number of para-hydroxylation sites is 1. The fourth-order valence-electron chi connectivity index (χ4n) is 3.64. The number of carbonyl (C=O) groups excluding carboxylic acids is 1. The number of nitrogens with one attached hydrogen (secondary N) is 1. The molecular formula is C24H23ClN2O3S2. The number of hydrogen-bond acceptors (Lipinski definition) is 4. The maximum absolute atomic E-state index is 13.1. The highest BCUT2D eigenvalue weighted by Gasteiger charge is 2.33. The molecule has 1 aliphatic heterocycles. The standard InChI is InChI=1S/C24H23ClN2O3S2/c25-19-12-14-21(15-13-19)32(29,30)27-16-6-7-18(17-27)24(28)26-22-10-4-5-11-23(22)31-20-8-2-1-3-9-20/h1-5,8-15,18H,6-7,16-17H2,(H,26,28)/t18-/m1/s1. The largest absolute Gasteiger partial charge is 0.325 e. The van der Waals surface area contributed by atoms with E-state index < -0.39 is 15.9 Å². The molecule has 166 valence electrons. The predicted molar refractivity (Wildman–Crippen MR) is 129 cm³/mol. The van der Waals surface area contributed by atoms with E-state index >= 15 is 0 Å². The van der Waals surface area contributed by atoms with Gasteiger partial charge in [0.05, 0.1) is 16.5 Å². The van der Waals surface area contributed by atoms with Crippen molar-refractivity contribution in [3.05, 3.63) is 83.9 Å². The maximum Gasteiger partial charge on any atom is 0.243 e. The minimum Gasteiger partial charge on any atom is -0.325 e. The number of piperidine rings is 1. The maximum atomic E-state index is 13.1. The Kier molecular flexibility index (Phi) is 7.20. The van der Waals surface area contributed by atoms with Gasteiger partial charge in [-0.3, -0.25) is 4.79 Å². The monoisotopic (exact) mass is 486 g/mol. The van der Waals surface area contributed by atoms with Crippen LogP contribution in [0.2, 0.25) is 5.02 Å². The summed E-state index contributed by atoms with van der Waals surface area (Å²) in [4.78, 5) is 15.3. The Hall–Kier alpha value is -2.32. The van der Waals surface area contributed by atoms with E-state index in [1.54, 1.807) is 23.9 Å². The van der Waals surface area contributed by atoms with Crippen molar-refractivity contribution in [2.24, 2.45) is 5.92 Å². The van der Waals surface area contributed by atoms with Crippen molar-refractivity contribution in [2.75, 3.05) is 18.4 Å². The molecule has 1 N–H and O–H groups in total. The van der Waals surface area contributed by atoms with E-state index in [2.05, 4.69) is 5.32 Å². The van der Waals surface area contributed by atoms with E-state index in [1.807, 2.05) is 54.6 Å². The molecule has 1 atom stereocenters. The molecule has 0 aromatic heterocycles. The molecule has 0 bridgehead atoms. The Bertz CT molecular complexity index is 1190. The third-order valence-corrected chi connectivity index (χ3v) is 8.54. The van der Waals surface area contributed by atoms with Crippen molar-refractivity contribution in [2.45, 2.75) is 27.5 Å². The number of hydrogen-bond donors (Lipinski definition) is 1. The zero-order valence-electron chi connectivity index (χ0n) is 17.3. The lowest BCUT2D eigenvalue weighted by Crippen LogP contribution is -2.43. The zero-order chi connectivity index (χ0) is 22.6. The summed E-state index contributed by atoms with van der Waals surface area (Å²) in [5, 5.41) is 3.50. The van der Waals surface area contributed by atoms with E-state index in [9.17, 15) is 13.2 Å². The van der Waals surface area contributed by atoms with Crippen LogP contribution in [0, 0.1) is 5.92 Å². The first-order valence-electron chi connectivity index (χ1n) is 10.3. The molecule has 8 heteroatoms. The van der Waals surface area contributed by atoms with Crippen molar-refractivity contribution in [1.29, 1.82) is 0 Å². The molecule has 3 aromatic carbocycles. The van der Waals surface area contributed by atoms with Crippen LogP contribution in [0.1, 0.15) is 12.8 Å². The molecule has 3 aromatic rings. The predicted octanol–water partition coefficient (Wildman–Crippen LogP) is 5.53. The summed E-state index contributed by atoms with van der Waals surface area (Å²) in [6, 6.07) is 23.7. The van der Waals surface area contributed by atoms with Crippen LogP contribution in [0.3, 0.4) is 0 Å². The second-order valence-electron chi connectivity index (χ2n) is 7.56. The third-order valence-electron chi connectivity index (χ3n) is 5.32. The van der Waals surface area contributed by atoms with Crippen molar-refractivity contribution in [1.82, 2.24) is 4.31 Å². The third kappa shape index (κ3) is 5.35. The topological polar surface area (TPSA) is 66.5 Å². The van der Waals surface area contributed by atoms with Gasteiger partial charge in [0.1, 0.15) is 0 Å². The molecule has 1 saturated heterocycles. The SMILES string of the molecule is O=C(Nc1ccccc1Sc1ccccc1)[C@@H]1CCCN(S(=O)(=O)c2ccc(Cl)cc2)C1. The molecule has 1 aliphatic rings. The molecule has 5 nitrogen and oxygen atoms in total. The summed E-state index contributed by atoms with van der Waals surface area (Å²) in [6.45, 7) is 0.556. The van der Waals surface area contributed by atoms with Crippen molar-refractivity contribution < 1.29 is 13.2 Å². The fraction of sp³-hybridized carbons (Fsp3) is 0.208. The number of amides is 1. The summed E-state index contributed by atoms with van der Waals surface area (Å²) in [7, 11) is -3.68. The first-order valence-corrected chi connectivity index (χ1v) is 13.0. The van der Waals surface area contributed by atoms with Gasteiger partial charge in [0.15, 0.2) is 0 Å². The van der Waals surface area contributed by atoms with Crippen LogP contribution >= 0.6 is 23.4 Å². The van der Waals surface area contributed by atoms with Gasteiger partial charge in [0, 0.05) is 27.9 Å². The summed E-state index contributed by atoms with van der Waals surface area (Å²) in [5.41, 5.74) is 0.726. The molecule has 0 unspecified atom stereocenters. The number of benzene rings is 3. The molecule has 32 heavy (non-hydrogen) atoms. The van der Waals surface area contributed by atoms with Gasteiger partial charge in [-0.05, 0) is 61.4 Å². The van der Waals surface area contributed by atoms with E-state index in [0.717, 1.165) is 15.5 Å². The molecular weight excluding hydrogens is 464 g/mol. The van der Waals surface area contributed by atoms with Crippen LogP contribution in [0.5, 0.6) is 0 Å². The highest BCUT2D eigenvalue weighted by Crippen LogP contribution is 2.34. The van der Waals surface area contributed by atoms with Crippen LogP contribution in [0.4, 0.5) is 5.69 Å². The highest BCUT2D eigenvalue weighted by atomic mass is 35.5. The van der Waals surface area contributed by atoms with Crippen LogP contribution in [0.25, 0.3) is 0 Å². The Morgan fingerprint density at radius 3 is 2.41 bits per heavy atom. The van der Waals surface area contributed by atoms with Gasteiger partial charge in [-0.2, -0.15) is 4.31 Å². The lowest BCUT2D eigenvalue weighted by atomic mass is 9.99. The number of anilines is 1. The second kappa shape index (κ2) is 10.1. The first kappa shape index (κ1) is 22.9. The summed E-state index contributed by atoms with van der Waals surface area (Å²) >= 11 is 7.46. The molecule has 1 heterocycles. The van der Waals surface area contributed by atoms with Crippen molar-refractivity contribution in [3.63, 3.8) is 0 Å². The number of nitrogens with zero attached hydrogens (tertiary/aromatic N) is 1. The summed E-state index contributed by atoms with van der Waals surface area (Å²) < 4.78 is 27.5. The molecule has 0 aliphatic carbocycles. The fourth-order valence-corrected chi connectivity index (χ4v) is 6.21. The summed E-state index contributed by atoms with van der Waals surface area (Å²) in [5.74, 6) is -0.581. The van der Waals surface area contributed by atoms with Crippen LogP contribution < -0.4 is 5.32 Å². The van der Waals surface area contributed by atoms with E-state index in [0.29, 0.717) is 24.4 Å². The van der Waals surface area contributed by atoms with Crippen LogP contribution in [-0.2, 0) is 14.8 Å². The van der Waals surface area contributed by atoms with Gasteiger partial charge < -0.3 is 5.32 Å². The van der Waals surface area contributed by atoms with E-state index in [1.165, 1.54) is 16.4 Å². The number of sulfonamides is 1. The molecule has 1 amide bonds.